The second-order valence-electron chi connectivity index (χ2n) is 7.34. The van der Waals surface area contributed by atoms with E-state index in [0.29, 0.717) is 19.6 Å². The molecule has 2 aliphatic rings. The number of rotatable bonds is 7. The molecule has 2 atom stereocenters. The van der Waals surface area contributed by atoms with Gasteiger partial charge in [-0.2, -0.15) is 0 Å². The minimum absolute atomic E-state index is 0.0399. The van der Waals surface area contributed by atoms with Crippen molar-refractivity contribution in [3.63, 3.8) is 0 Å². The molecule has 0 aromatic heterocycles. The number of nitrogens with two attached hydrogens (primary N) is 1. The molecule has 0 radical (unpaired) electrons. The largest absolute Gasteiger partial charge is 0.489 e. The van der Waals surface area contributed by atoms with E-state index in [2.05, 4.69) is 18.2 Å². The van der Waals surface area contributed by atoms with E-state index in [1.54, 1.807) is 11.8 Å². The molecule has 1 aliphatic heterocycles. The first-order valence-electron chi connectivity index (χ1n) is 10.7. The molecule has 1 amide bonds. The topological polar surface area (TPSA) is 72.6 Å². The van der Waals surface area contributed by atoms with Gasteiger partial charge in [-0.25, -0.2) is 0 Å². The van der Waals surface area contributed by atoms with E-state index in [4.69, 9.17) is 10.5 Å². The van der Waals surface area contributed by atoms with Crippen molar-refractivity contribution in [3.8, 4) is 5.75 Å². The Hall–Kier alpha value is -2.40. The SMILES string of the molecule is CC.CC(=O)C1CCCN1C(=O)C(N)Cc1ccc(OCC2=CC=CCC2)cc1. The van der Waals surface area contributed by atoms with Crippen molar-refractivity contribution in [2.24, 2.45) is 5.73 Å². The number of carbonyl (C=O) groups excluding carboxylic acids is 2. The molecule has 3 rings (SSSR count). The number of allylic oxidation sites excluding steroid dienone is 3. The van der Waals surface area contributed by atoms with Crippen LogP contribution in [-0.2, 0) is 16.0 Å². The summed E-state index contributed by atoms with van der Waals surface area (Å²) >= 11 is 0. The van der Waals surface area contributed by atoms with Crippen LogP contribution < -0.4 is 10.5 Å². The van der Waals surface area contributed by atoms with Crippen molar-refractivity contribution < 1.29 is 14.3 Å². The quantitative estimate of drug-likeness (QED) is 0.758. The van der Waals surface area contributed by atoms with Gasteiger partial charge in [-0.15, -0.1) is 0 Å². The molecule has 5 nitrogen and oxygen atoms in total. The highest BCUT2D eigenvalue weighted by Gasteiger charge is 2.34. The normalized spacial score (nSPS) is 19.1. The predicted molar refractivity (Wildman–Crippen MR) is 117 cm³/mol. The highest BCUT2D eigenvalue weighted by Crippen LogP contribution is 2.21. The molecule has 1 saturated heterocycles. The number of ether oxygens (including phenoxy) is 1. The highest BCUT2D eigenvalue weighted by atomic mass is 16.5. The Morgan fingerprint density at radius 2 is 1.97 bits per heavy atom. The van der Waals surface area contributed by atoms with Crippen molar-refractivity contribution in [3.05, 3.63) is 53.6 Å². The molecule has 0 bridgehead atoms. The number of amides is 1. The molecule has 0 saturated carbocycles. The number of hydrogen-bond acceptors (Lipinski definition) is 4. The van der Waals surface area contributed by atoms with Crippen LogP contribution in [0, 0.1) is 0 Å². The van der Waals surface area contributed by atoms with Gasteiger partial charge in [-0.05, 0) is 62.3 Å². The van der Waals surface area contributed by atoms with Crippen LogP contribution in [0.4, 0.5) is 0 Å². The van der Waals surface area contributed by atoms with Gasteiger partial charge in [0.2, 0.25) is 5.91 Å². The van der Waals surface area contributed by atoms with Crippen LogP contribution in [0.3, 0.4) is 0 Å². The molecule has 1 aromatic rings. The number of Topliss-reactive ketones (excluding diaryl/α,β-unsaturated/α-hetero) is 1. The summed E-state index contributed by atoms with van der Waals surface area (Å²) in [6, 6.07) is 6.80. The minimum Gasteiger partial charge on any atom is -0.489 e. The van der Waals surface area contributed by atoms with Crippen LogP contribution in [0.1, 0.15) is 52.0 Å². The minimum atomic E-state index is -0.629. The Balaban J connectivity index is 0.00000145. The first-order chi connectivity index (χ1) is 14.0. The first kappa shape index (κ1) is 22.9. The Labute approximate surface area is 174 Å². The van der Waals surface area contributed by atoms with Crippen LogP contribution in [0.15, 0.2) is 48.1 Å². The van der Waals surface area contributed by atoms with Crippen LogP contribution in [0.5, 0.6) is 5.75 Å². The standard InChI is InChI=1S/C22H28N2O3.C2H6/c1-16(25)21-8-5-13-24(21)22(26)20(23)14-17-9-11-19(12-10-17)27-15-18-6-3-2-4-7-18;1-2/h2-3,6,9-12,20-21H,4-5,7-8,13-15,23H2,1H3;1-2H3. The summed E-state index contributed by atoms with van der Waals surface area (Å²) in [6.45, 7) is 6.76. The summed E-state index contributed by atoms with van der Waals surface area (Å²) in [6.07, 6.45) is 10.5. The molecule has 158 valence electrons. The van der Waals surface area contributed by atoms with Gasteiger partial charge in [0.1, 0.15) is 12.4 Å². The summed E-state index contributed by atoms with van der Waals surface area (Å²) in [7, 11) is 0. The van der Waals surface area contributed by atoms with Crippen molar-refractivity contribution in [1.82, 2.24) is 4.90 Å². The summed E-state index contributed by atoms with van der Waals surface area (Å²) in [5.74, 6) is 0.716. The van der Waals surface area contributed by atoms with Crippen molar-refractivity contribution in [2.75, 3.05) is 13.2 Å². The van der Waals surface area contributed by atoms with Gasteiger partial charge in [0, 0.05) is 6.54 Å². The average molecular weight is 399 g/mol. The van der Waals surface area contributed by atoms with E-state index in [0.717, 1.165) is 37.0 Å². The molecular weight excluding hydrogens is 364 g/mol. The van der Waals surface area contributed by atoms with Gasteiger partial charge in [0.15, 0.2) is 5.78 Å². The number of likely N-dealkylation sites (tertiary alicyclic amines) is 1. The molecule has 1 fully saturated rings. The molecule has 5 heteroatoms. The lowest BCUT2D eigenvalue weighted by Gasteiger charge is -2.25. The Kier molecular flexibility index (Phi) is 9.13. The monoisotopic (exact) mass is 398 g/mol. The Morgan fingerprint density at radius 1 is 1.24 bits per heavy atom. The zero-order valence-electron chi connectivity index (χ0n) is 17.9. The van der Waals surface area contributed by atoms with Gasteiger partial charge in [0.05, 0.1) is 12.1 Å². The Bertz CT molecular complexity index is 737. The Morgan fingerprint density at radius 3 is 2.59 bits per heavy atom. The fourth-order valence-corrected chi connectivity index (χ4v) is 3.68. The van der Waals surface area contributed by atoms with Crippen LogP contribution in [0.2, 0.25) is 0 Å². The van der Waals surface area contributed by atoms with Gasteiger partial charge < -0.3 is 15.4 Å². The molecule has 2 N–H and O–H groups in total. The van der Waals surface area contributed by atoms with Crippen molar-refractivity contribution in [2.45, 2.75) is 65.0 Å². The molecule has 1 aromatic carbocycles. The summed E-state index contributed by atoms with van der Waals surface area (Å²) in [5, 5.41) is 0. The lowest BCUT2D eigenvalue weighted by molar-refractivity contribution is -0.138. The van der Waals surface area contributed by atoms with E-state index in [9.17, 15) is 9.59 Å². The van der Waals surface area contributed by atoms with Gasteiger partial charge in [-0.1, -0.05) is 44.2 Å². The van der Waals surface area contributed by atoms with Crippen LogP contribution in [-0.4, -0.2) is 41.8 Å². The molecular formula is C24H34N2O3. The maximum absolute atomic E-state index is 12.6. The van der Waals surface area contributed by atoms with Crippen LogP contribution >= 0.6 is 0 Å². The van der Waals surface area contributed by atoms with Gasteiger partial charge in [0.25, 0.3) is 0 Å². The van der Waals surface area contributed by atoms with Crippen LogP contribution in [0.25, 0.3) is 0 Å². The lowest BCUT2D eigenvalue weighted by Crippen LogP contribution is -2.48. The zero-order chi connectivity index (χ0) is 21.2. The molecule has 0 spiro atoms. The van der Waals surface area contributed by atoms with Gasteiger partial charge in [-0.3, -0.25) is 9.59 Å². The van der Waals surface area contributed by atoms with E-state index in [1.165, 1.54) is 5.57 Å². The predicted octanol–water partition coefficient (Wildman–Crippen LogP) is 3.82. The van der Waals surface area contributed by atoms with Crippen molar-refractivity contribution >= 4 is 11.7 Å². The zero-order valence-corrected chi connectivity index (χ0v) is 17.9. The smallest absolute Gasteiger partial charge is 0.240 e. The second-order valence-corrected chi connectivity index (χ2v) is 7.34. The van der Waals surface area contributed by atoms with E-state index in [1.807, 2.05) is 38.1 Å². The molecule has 29 heavy (non-hydrogen) atoms. The number of nitrogens with zero attached hydrogens (tertiary/aromatic N) is 1. The molecule has 1 aliphatic carbocycles. The maximum atomic E-state index is 12.6. The fourth-order valence-electron chi connectivity index (χ4n) is 3.68. The maximum Gasteiger partial charge on any atom is 0.240 e. The number of ketones is 1. The second kappa shape index (κ2) is 11.6. The average Bonchev–Trinajstić information content (AvgIpc) is 3.25. The van der Waals surface area contributed by atoms with E-state index >= 15 is 0 Å². The summed E-state index contributed by atoms with van der Waals surface area (Å²) in [5.41, 5.74) is 8.42. The summed E-state index contributed by atoms with van der Waals surface area (Å²) in [4.78, 5) is 26.0. The number of carbonyl (C=O) groups is 2. The first-order valence-corrected chi connectivity index (χ1v) is 10.7. The number of benzene rings is 1. The van der Waals surface area contributed by atoms with E-state index in [-0.39, 0.29) is 17.7 Å². The molecule has 2 unspecified atom stereocenters. The third-order valence-electron chi connectivity index (χ3n) is 5.23. The number of hydrogen-bond donors (Lipinski definition) is 1. The van der Waals surface area contributed by atoms with Gasteiger partial charge >= 0.3 is 0 Å². The third-order valence-corrected chi connectivity index (χ3v) is 5.23. The third kappa shape index (κ3) is 6.57. The fraction of sp³-hybridized carbons (Fsp3) is 0.500. The lowest BCUT2D eigenvalue weighted by atomic mass is 10.0. The molecule has 1 heterocycles. The summed E-state index contributed by atoms with van der Waals surface area (Å²) < 4.78 is 5.83. The van der Waals surface area contributed by atoms with E-state index < -0.39 is 6.04 Å². The van der Waals surface area contributed by atoms with Crippen molar-refractivity contribution in [1.29, 1.82) is 0 Å². The highest BCUT2D eigenvalue weighted by molar-refractivity contribution is 5.90.